The van der Waals surface area contributed by atoms with Crippen molar-refractivity contribution in [3.05, 3.63) is 12.2 Å². The number of hydrogen-bond acceptors (Lipinski definition) is 4. The van der Waals surface area contributed by atoms with E-state index in [4.69, 9.17) is 0 Å². The summed E-state index contributed by atoms with van der Waals surface area (Å²) < 4.78 is 31.8. The third kappa shape index (κ3) is 13.7. The summed E-state index contributed by atoms with van der Waals surface area (Å²) in [6.07, 6.45) is 1.08. The van der Waals surface area contributed by atoms with Crippen molar-refractivity contribution < 1.29 is 47.3 Å². The molecule has 0 saturated carbocycles. The average molecular weight is 343 g/mol. The van der Waals surface area contributed by atoms with Crippen LogP contribution < -0.4 is 29.6 Å². The summed E-state index contributed by atoms with van der Waals surface area (Å²) in [6.45, 7) is 12.9. The van der Waals surface area contributed by atoms with Crippen LogP contribution in [0.15, 0.2) is 12.2 Å². The Balaban J connectivity index is 0. The van der Waals surface area contributed by atoms with Crippen LogP contribution >= 0.6 is 0 Å². The number of carbonyl (C=O) groups is 1. The Kier molecular flexibility index (Phi) is 11.4. The van der Waals surface area contributed by atoms with Gasteiger partial charge in [0.1, 0.15) is 0 Å². The quantitative estimate of drug-likeness (QED) is 0.307. The minimum absolute atomic E-state index is 0. The number of amides is 1. The first-order chi connectivity index (χ1) is 8.92. The maximum Gasteiger partial charge on any atom is 1.00 e. The first-order valence-corrected chi connectivity index (χ1v) is 12.1. The molecular formula is C13H26NNaO4SSi. The molecule has 0 fully saturated rings. The Labute approximate surface area is 152 Å². The van der Waals surface area contributed by atoms with E-state index < -0.39 is 23.9 Å². The van der Waals surface area contributed by atoms with E-state index in [9.17, 15) is 17.8 Å². The summed E-state index contributed by atoms with van der Waals surface area (Å²) in [5.74, 6) is -0.593. The maximum absolute atomic E-state index is 12.0. The van der Waals surface area contributed by atoms with Crippen LogP contribution in [0.4, 0.5) is 0 Å². The van der Waals surface area contributed by atoms with Gasteiger partial charge in [-0.1, -0.05) is 32.3 Å². The van der Waals surface area contributed by atoms with E-state index >= 15 is 0 Å². The molecule has 0 unspecified atom stereocenters. The van der Waals surface area contributed by atoms with Crippen molar-refractivity contribution >= 4 is 24.1 Å². The van der Waals surface area contributed by atoms with Gasteiger partial charge in [0.05, 0.1) is 10.1 Å². The number of hydrogen-bond donors (Lipinski definition) is 0. The first kappa shape index (κ1) is 23.6. The monoisotopic (exact) mass is 343 g/mol. The van der Waals surface area contributed by atoms with Crippen molar-refractivity contribution in [1.82, 2.24) is 4.90 Å². The van der Waals surface area contributed by atoms with Gasteiger partial charge in [-0.3, -0.25) is 4.79 Å². The molecule has 0 aliphatic carbocycles. The zero-order valence-electron chi connectivity index (χ0n) is 13.9. The van der Waals surface area contributed by atoms with Crippen LogP contribution in [0.5, 0.6) is 0 Å². The SMILES string of the molecule is C=C(C)C(=O)N(CCC[Si](C)(C)C)CCCS(=O)(=O)[O-].[Na+]. The Morgan fingerprint density at radius 1 is 1.19 bits per heavy atom. The molecule has 5 nitrogen and oxygen atoms in total. The van der Waals surface area contributed by atoms with E-state index in [2.05, 4.69) is 26.2 Å². The summed E-state index contributed by atoms with van der Waals surface area (Å²) in [6, 6.07) is 1.10. The molecule has 1 amide bonds. The van der Waals surface area contributed by atoms with Crippen molar-refractivity contribution in [3.63, 3.8) is 0 Å². The predicted molar refractivity (Wildman–Crippen MR) is 83.3 cm³/mol. The number of rotatable bonds is 9. The van der Waals surface area contributed by atoms with Crippen LogP contribution in [-0.4, -0.2) is 50.7 Å². The molecular weight excluding hydrogens is 317 g/mol. The number of nitrogens with zero attached hydrogens (tertiary/aromatic N) is 1. The fourth-order valence-corrected chi connectivity index (χ4v) is 3.52. The van der Waals surface area contributed by atoms with Gasteiger partial charge in [0, 0.05) is 32.5 Å². The molecule has 0 saturated heterocycles. The van der Waals surface area contributed by atoms with E-state index in [1.165, 1.54) is 0 Å². The van der Waals surface area contributed by atoms with Gasteiger partial charge in [-0.25, -0.2) is 8.42 Å². The Morgan fingerprint density at radius 3 is 2.05 bits per heavy atom. The van der Waals surface area contributed by atoms with E-state index in [0.717, 1.165) is 12.5 Å². The zero-order chi connectivity index (χ0) is 16.0. The molecule has 0 aliphatic heterocycles. The second-order valence-electron chi connectivity index (χ2n) is 6.35. The third-order valence-electron chi connectivity index (χ3n) is 2.83. The van der Waals surface area contributed by atoms with Gasteiger partial charge in [-0.15, -0.1) is 0 Å². The Hall–Kier alpha value is 0.337. The molecule has 0 spiro atoms. The molecule has 0 bridgehead atoms. The Morgan fingerprint density at radius 2 is 1.67 bits per heavy atom. The molecule has 0 heterocycles. The Bertz CT molecular complexity index is 446. The summed E-state index contributed by atoms with van der Waals surface area (Å²) in [7, 11) is -5.37. The summed E-state index contributed by atoms with van der Waals surface area (Å²) in [5, 5.41) is 0. The van der Waals surface area contributed by atoms with Gasteiger partial charge < -0.3 is 9.45 Å². The molecule has 0 aromatic carbocycles. The van der Waals surface area contributed by atoms with Crippen LogP contribution in [-0.2, 0) is 14.9 Å². The summed E-state index contributed by atoms with van der Waals surface area (Å²) in [5.41, 5.74) is 0.433. The topological polar surface area (TPSA) is 77.5 Å². The van der Waals surface area contributed by atoms with Gasteiger partial charge in [0.25, 0.3) is 0 Å². The molecule has 0 aromatic heterocycles. The van der Waals surface area contributed by atoms with Crippen LogP contribution in [0.2, 0.25) is 25.7 Å². The van der Waals surface area contributed by atoms with Gasteiger partial charge in [0.15, 0.2) is 0 Å². The van der Waals surface area contributed by atoms with Gasteiger partial charge in [0.2, 0.25) is 5.91 Å². The molecule has 0 atom stereocenters. The van der Waals surface area contributed by atoms with Crippen molar-refractivity contribution in [3.8, 4) is 0 Å². The van der Waals surface area contributed by atoms with Crippen molar-refractivity contribution in [2.24, 2.45) is 0 Å². The van der Waals surface area contributed by atoms with Crippen molar-refractivity contribution in [2.45, 2.75) is 45.5 Å². The van der Waals surface area contributed by atoms with Crippen LogP contribution in [0, 0.1) is 0 Å². The van der Waals surface area contributed by atoms with E-state index in [-0.39, 0.29) is 41.9 Å². The predicted octanol–water partition coefficient (Wildman–Crippen LogP) is -0.941. The van der Waals surface area contributed by atoms with Crippen molar-refractivity contribution in [2.75, 3.05) is 18.8 Å². The largest absolute Gasteiger partial charge is 1.00 e. The second kappa shape index (κ2) is 10.2. The summed E-state index contributed by atoms with van der Waals surface area (Å²) >= 11 is 0. The fourth-order valence-electron chi connectivity index (χ4n) is 1.82. The standard InChI is InChI=1S/C13H27NO4SSi.Na/c1-12(2)13(15)14(8-6-10-19(16,17)18)9-7-11-20(3,4)5;/h1,6-11H2,2-5H3,(H,16,17,18);/q;+1/p-1. The van der Waals surface area contributed by atoms with Gasteiger partial charge >= 0.3 is 29.6 Å². The molecule has 0 N–H and O–H groups in total. The van der Waals surface area contributed by atoms with Crippen LogP contribution in [0.25, 0.3) is 0 Å². The zero-order valence-corrected chi connectivity index (χ0v) is 17.8. The smallest absolute Gasteiger partial charge is 0.748 e. The third-order valence-corrected chi connectivity index (χ3v) is 5.47. The van der Waals surface area contributed by atoms with Crippen LogP contribution in [0.3, 0.4) is 0 Å². The van der Waals surface area contributed by atoms with Gasteiger partial charge in [-0.2, -0.15) is 0 Å². The minimum atomic E-state index is -4.21. The summed E-state index contributed by atoms with van der Waals surface area (Å²) in [4.78, 5) is 13.6. The number of carbonyl (C=O) groups excluding carboxylic acids is 1. The normalized spacial score (nSPS) is 11.7. The first-order valence-electron chi connectivity index (χ1n) is 6.81. The maximum atomic E-state index is 12.0. The molecule has 8 heteroatoms. The van der Waals surface area contributed by atoms with E-state index in [0.29, 0.717) is 18.7 Å². The van der Waals surface area contributed by atoms with Gasteiger partial charge in [-0.05, 0) is 19.8 Å². The van der Waals surface area contributed by atoms with Crippen LogP contribution in [0.1, 0.15) is 19.8 Å². The minimum Gasteiger partial charge on any atom is -0.748 e. The van der Waals surface area contributed by atoms with E-state index in [1.807, 2.05) is 0 Å². The van der Waals surface area contributed by atoms with E-state index in [1.54, 1.807) is 11.8 Å². The molecule has 0 rings (SSSR count). The molecule has 0 aliphatic rings. The fraction of sp³-hybridized carbons (Fsp3) is 0.769. The second-order valence-corrected chi connectivity index (χ2v) is 13.5. The molecule has 0 radical (unpaired) electrons. The molecule has 21 heavy (non-hydrogen) atoms. The molecule has 0 aromatic rings. The average Bonchev–Trinajstić information content (AvgIpc) is 2.22. The molecule has 118 valence electrons. The van der Waals surface area contributed by atoms with Crippen molar-refractivity contribution in [1.29, 1.82) is 0 Å².